The van der Waals surface area contributed by atoms with Crippen LogP contribution in [0, 0.1) is 12.7 Å². The Kier molecular flexibility index (Phi) is 6.49. The monoisotopic (exact) mass is 326 g/mol. The molecule has 7 nitrogen and oxygen atoms in total. The van der Waals surface area contributed by atoms with E-state index in [1.165, 1.54) is 13.0 Å². The minimum Gasteiger partial charge on any atom is -0.480 e. The van der Waals surface area contributed by atoms with Crippen LogP contribution < -0.4 is 10.6 Å². The van der Waals surface area contributed by atoms with Gasteiger partial charge in [-0.1, -0.05) is 0 Å². The number of carboxylic acids is 1. The van der Waals surface area contributed by atoms with Gasteiger partial charge in [-0.05, 0) is 43.0 Å². The van der Waals surface area contributed by atoms with Gasteiger partial charge in [0, 0.05) is 12.6 Å². The number of carboxylic acid groups (broad SMARTS) is 1. The van der Waals surface area contributed by atoms with Crippen molar-refractivity contribution in [3.63, 3.8) is 0 Å². The number of hydrogen-bond acceptors (Lipinski definition) is 4. The summed E-state index contributed by atoms with van der Waals surface area (Å²) in [6.07, 6.45) is -0.599. The van der Waals surface area contributed by atoms with Crippen LogP contribution in [0.1, 0.15) is 24.5 Å². The van der Waals surface area contributed by atoms with Crippen molar-refractivity contribution < 1.29 is 28.6 Å². The summed E-state index contributed by atoms with van der Waals surface area (Å²) in [5, 5.41) is 13.8. The van der Waals surface area contributed by atoms with Gasteiger partial charge < -0.3 is 20.5 Å². The zero-order valence-corrected chi connectivity index (χ0v) is 13.1. The standard InChI is InChI=1S/C15H19FN2O5/c1-8-10(6-11(7-12(8)16)17-9(2)19)4-5-13(14(20)21)18-15(22)23-3/h6-7,13H,4-5H2,1-3H3,(H,17,19)(H,18,22)(H,20,21)/t13-/m0/s1. The molecule has 1 aromatic carbocycles. The lowest BCUT2D eigenvalue weighted by Gasteiger charge is -2.15. The van der Waals surface area contributed by atoms with Crippen LogP contribution in [-0.4, -0.2) is 36.2 Å². The first-order valence-corrected chi connectivity index (χ1v) is 6.88. The lowest BCUT2D eigenvalue weighted by atomic mass is 9.99. The summed E-state index contributed by atoms with van der Waals surface area (Å²) in [5.41, 5.74) is 1.20. The van der Waals surface area contributed by atoms with E-state index in [9.17, 15) is 18.8 Å². The van der Waals surface area contributed by atoms with E-state index in [0.717, 1.165) is 7.11 Å². The van der Waals surface area contributed by atoms with Crippen LogP contribution in [0.3, 0.4) is 0 Å². The molecule has 126 valence electrons. The lowest BCUT2D eigenvalue weighted by molar-refractivity contribution is -0.139. The van der Waals surface area contributed by atoms with Gasteiger partial charge in [-0.25, -0.2) is 14.0 Å². The van der Waals surface area contributed by atoms with Crippen molar-refractivity contribution in [2.24, 2.45) is 0 Å². The Labute approximate surface area is 132 Å². The third-order valence-electron chi connectivity index (χ3n) is 3.25. The molecule has 1 aromatic rings. The molecule has 0 heterocycles. The zero-order valence-electron chi connectivity index (χ0n) is 13.1. The van der Waals surface area contributed by atoms with Crippen LogP contribution in [-0.2, 0) is 20.7 Å². The zero-order chi connectivity index (χ0) is 17.6. The summed E-state index contributed by atoms with van der Waals surface area (Å²) >= 11 is 0. The number of methoxy groups -OCH3 is 1. The van der Waals surface area contributed by atoms with E-state index in [1.807, 2.05) is 0 Å². The summed E-state index contributed by atoms with van der Waals surface area (Å²) in [6.45, 7) is 2.86. The highest BCUT2D eigenvalue weighted by Gasteiger charge is 2.21. The highest BCUT2D eigenvalue weighted by molar-refractivity contribution is 5.88. The molecule has 0 unspecified atom stereocenters. The Morgan fingerprint density at radius 3 is 2.52 bits per heavy atom. The molecule has 0 aliphatic carbocycles. The maximum Gasteiger partial charge on any atom is 0.407 e. The van der Waals surface area contributed by atoms with Gasteiger partial charge >= 0.3 is 12.1 Å². The van der Waals surface area contributed by atoms with E-state index in [2.05, 4.69) is 15.4 Å². The van der Waals surface area contributed by atoms with Crippen LogP contribution in [0.15, 0.2) is 12.1 Å². The number of rotatable bonds is 6. The maximum absolute atomic E-state index is 13.9. The SMILES string of the molecule is COC(=O)N[C@@H](CCc1cc(NC(C)=O)cc(F)c1C)C(=O)O. The summed E-state index contributed by atoms with van der Waals surface area (Å²) < 4.78 is 18.2. The Morgan fingerprint density at radius 2 is 2.00 bits per heavy atom. The normalized spacial score (nSPS) is 11.5. The lowest BCUT2D eigenvalue weighted by Crippen LogP contribution is -2.41. The molecular weight excluding hydrogens is 307 g/mol. The van der Waals surface area contributed by atoms with E-state index in [0.29, 0.717) is 16.8 Å². The second-order valence-electron chi connectivity index (χ2n) is 4.99. The van der Waals surface area contributed by atoms with Crippen LogP contribution in [0.25, 0.3) is 0 Å². The van der Waals surface area contributed by atoms with Crippen molar-refractivity contribution in [3.05, 3.63) is 29.1 Å². The van der Waals surface area contributed by atoms with Crippen molar-refractivity contribution in [1.29, 1.82) is 0 Å². The van der Waals surface area contributed by atoms with E-state index in [-0.39, 0.29) is 18.7 Å². The summed E-state index contributed by atoms with van der Waals surface area (Å²) in [5.74, 6) is -2.06. The number of ether oxygens (including phenoxy) is 1. The predicted octanol–water partition coefficient (Wildman–Crippen LogP) is 1.83. The molecule has 0 aliphatic rings. The Morgan fingerprint density at radius 1 is 1.35 bits per heavy atom. The van der Waals surface area contributed by atoms with Gasteiger partial charge in [-0.2, -0.15) is 0 Å². The molecule has 1 atom stereocenters. The van der Waals surface area contributed by atoms with Crippen LogP contribution in [0.2, 0.25) is 0 Å². The van der Waals surface area contributed by atoms with Crippen molar-refractivity contribution in [1.82, 2.24) is 5.32 Å². The first kappa shape index (κ1) is 18.4. The van der Waals surface area contributed by atoms with Crippen molar-refractivity contribution in [2.45, 2.75) is 32.7 Å². The molecule has 3 N–H and O–H groups in total. The number of alkyl carbamates (subject to hydrolysis) is 1. The van der Waals surface area contributed by atoms with Gasteiger partial charge in [0.05, 0.1) is 7.11 Å². The molecule has 1 rings (SSSR count). The average Bonchev–Trinajstić information content (AvgIpc) is 2.46. The molecular formula is C15H19FN2O5. The molecule has 2 amide bonds. The molecule has 0 spiro atoms. The second-order valence-corrected chi connectivity index (χ2v) is 4.99. The van der Waals surface area contributed by atoms with Crippen LogP contribution in [0.4, 0.5) is 14.9 Å². The molecule has 0 aromatic heterocycles. The van der Waals surface area contributed by atoms with Crippen molar-refractivity contribution >= 4 is 23.7 Å². The number of aryl methyl sites for hydroxylation is 1. The molecule has 0 fully saturated rings. The van der Waals surface area contributed by atoms with Gasteiger partial charge in [0.15, 0.2) is 0 Å². The van der Waals surface area contributed by atoms with Gasteiger partial charge in [0.2, 0.25) is 5.91 Å². The molecule has 0 radical (unpaired) electrons. The van der Waals surface area contributed by atoms with Gasteiger partial charge in [0.25, 0.3) is 0 Å². The molecule has 0 bridgehead atoms. The topological polar surface area (TPSA) is 105 Å². The number of hydrogen-bond donors (Lipinski definition) is 3. The predicted molar refractivity (Wildman–Crippen MR) is 80.7 cm³/mol. The number of amides is 2. The fourth-order valence-electron chi connectivity index (χ4n) is 2.03. The number of carbonyl (C=O) groups excluding carboxylic acids is 2. The number of aliphatic carboxylic acids is 1. The van der Waals surface area contributed by atoms with E-state index >= 15 is 0 Å². The molecule has 0 saturated heterocycles. The molecule has 0 saturated carbocycles. The number of anilines is 1. The summed E-state index contributed by atoms with van der Waals surface area (Å²) in [6, 6.07) is 1.62. The first-order valence-electron chi connectivity index (χ1n) is 6.88. The van der Waals surface area contributed by atoms with Crippen LogP contribution in [0.5, 0.6) is 0 Å². The highest BCUT2D eigenvalue weighted by Crippen LogP contribution is 2.21. The minimum absolute atomic E-state index is 0.0498. The average molecular weight is 326 g/mol. The molecule has 8 heteroatoms. The molecule has 0 aliphatic heterocycles. The fourth-order valence-corrected chi connectivity index (χ4v) is 2.03. The summed E-state index contributed by atoms with van der Waals surface area (Å²) in [7, 11) is 1.13. The Balaban J connectivity index is 2.89. The third kappa shape index (κ3) is 5.57. The van der Waals surface area contributed by atoms with E-state index < -0.39 is 23.9 Å². The smallest absolute Gasteiger partial charge is 0.407 e. The number of benzene rings is 1. The number of carbonyl (C=O) groups is 3. The number of nitrogens with one attached hydrogen (secondary N) is 2. The van der Waals surface area contributed by atoms with Crippen molar-refractivity contribution in [3.8, 4) is 0 Å². The van der Waals surface area contributed by atoms with E-state index in [4.69, 9.17) is 5.11 Å². The molecule has 23 heavy (non-hydrogen) atoms. The second kappa shape index (κ2) is 8.11. The quantitative estimate of drug-likeness (QED) is 0.740. The Bertz CT molecular complexity index is 618. The van der Waals surface area contributed by atoms with Gasteiger partial charge in [-0.15, -0.1) is 0 Å². The Hall–Kier alpha value is -2.64. The summed E-state index contributed by atoms with van der Waals surface area (Å²) in [4.78, 5) is 33.3. The largest absolute Gasteiger partial charge is 0.480 e. The third-order valence-corrected chi connectivity index (χ3v) is 3.25. The van der Waals surface area contributed by atoms with Gasteiger partial charge in [0.1, 0.15) is 11.9 Å². The highest BCUT2D eigenvalue weighted by atomic mass is 19.1. The first-order chi connectivity index (χ1) is 10.7. The van der Waals surface area contributed by atoms with Crippen molar-refractivity contribution in [2.75, 3.05) is 12.4 Å². The van der Waals surface area contributed by atoms with Crippen LogP contribution >= 0.6 is 0 Å². The minimum atomic E-state index is -1.22. The van der Waals surface area contributed by atoms with Gasteiger partial charge in [-0.3, -0.25) is 4.79 Å². The fraction of sp³-hybridized carbons (Fsp3) is 0.400. The maximum atomic E-state index is 13.9. The van der Waals surface area contributed by atoms with E-state index in [1.54, 1.807) is 13.0 Å². The number of halogens is 1.